The van der Waals surface area contributed by atoms with Gasteiger partial charge in [0.2, 0.25) is 0 Å². The van der Waals surface area contributed by atoms with E-state index in [1.54, 1.807) is 11.1 Å². The molecule has 1 aromatic heterocycles. The van der Waals surface area contributed by atoms with Gasteiger partial charge in [-0.15, -0.1) is 0 Å². The predicted octanol–water partition coefficient (Wildman–Crippen LogP) is 4.05. The third-order valence-corrected chi connectivity index (χ3v) is 5.15. The minimum Gasteiger partial charge on any atom is -0.487 e. The van der Waals surface area contributed by atoms with Crippen molar-refractivity contribution in [2.75, 3.05) is 18.4 Å². The number of rotatable bonds is 4. The van der Waals surface area contributed by atoms with Crippen LogP contribution in [0.1, 0.15) is 42.7 Å². The Balaban J connectivity index is 1.29. The van der Waals surface area contributed by atoms with Gasteiger partial charge in [-0.3, -0.25) is 5.32 Å². The summed E-state index contributed by atoms with van der Waals surface area (Å²) in [6, 6.07) is 9.84. The minimum absolute atomic E-state index is 0.142. The molecule has 0 bridgehead atoms. The van der Waals surface area contributed by atoms with Gasteiger partial charge in [-0.25, -0.2) is 14.2 Å². The Bertz CT molecular complexity index is 915. The number of urea groups is 1. The first kappa shape index (κ1) is 18.2. The number of nitrogens with one attached hydrogen (secondary N) is 1. The van der Waals surface area contributed by atoms with Gasteiger partial charge in [-0.1, -0.05) is 0 Å². The quantitative estimate of drug-likeness (QED) is 0.868. The Labute approximate surface area is 162 Å². The summed E-state index contributed by atoms with van der Waals surface area (Å²) in [5.74, 6) is 0.783. The molecule has 2 fully saturated rings. The highest BCUT2D eigenvalue weighted by molar-refractivity contribution is 5.88. The Hall–Kier alpha value is -3.14. The van der Waals surface area contributed by atoms with E-state index in [1.165, 1.54) is 36.6 Å². The average molecular weight is 380 g/mol. The van der Waals surface area contributed by atoms with Crippen LogP contribution in [0.3, 0.4) is 0 Å². The Morgan fingerprint density at radius 1 is 1.21 bits per heavy atom. The lowest BCUT2D eigenvalue weighted by atomic mass is 10.1. The van der Waals surface area contributed by atoms with Gasteiger partial charge in [0.15, 0.2) is 11.6 Å². The number of likely N-dealkylation sites (tertiary alicyclic amines) is 1. The first-order valence-corrected chi connectivity index (χ1v) is 9.50. The van der Waals surface area contributed by atoms with Gasteiger partial charge in [-0.2, -0.15) is 5.26 Å². The molecule has 144 valence electrons. The van der Waals surface area contributed by atoms with E-state index in [4.69, 9.17) is 10.00 Å². The molecular weight excluding hydrogens is 359 g/mol. The van der Waals surface area contributed by atoms with Crippen LogP contribution < -0.4 is 10.1 Å². The summed E-state index contributed by atoms with van der Waals surface area (Å²) in [6.45, 7) is 1.05. The number of hydrogen-bond donors (Lipinski definition) is 1. The minimum atomic E-state index is -0.541. The predicted molar refractivity (Wildman–Crippen MR) is 102 cm³/mol. The van der Waals surface area contributed by atoms with Crippen LogP contribution in [0.4, 0.5) is 15.0 Å². The van der Waals surface area contributed by atoms with Crippen LogP contribution in [0.25, 0.3) is 0 Å². The fourth-order valence-electron chi connectivity index (χ4n) is 3.40. The first-order chi connectivity index (χ1) is 13.6. The zero-order valence-corrected chi connectivity index (χ0v) is 15.4. The Morgan fingerprint density at radius 3 is 2.68 bits per heavy atom. The number of benzene rings is 1. The van der Waals surface area contributed by atoms with E-state index in [-0.39, 0.29) is 23.4 Å². The van der Waals surface area contributed by atoms with E-state index in [0.29, 0.717) is 37.7 Å². The van der Waals surface area contributed by atoms with Gasteiger partial charge in [0.25, 0.3) is 0 Å². The molecule has 0 atom stereocenters. The van der Waals surface area contributed by atoms with Gasteiger partial charge in [0.05, 0.1) is 11.6 Å². The highest BCUT2D eigenvalue weighted by Gasteiger charge is 2.26. The number of amides is 2. The normalized spacial score (nSPS) is 17.1. The van der Waals surface area contributed by atoms with Gasteiger partial charge >= 0.3 is 6.03 Å². The second kappa shape index (κ2) is 7.85. The van der Waals surface area contributed by atoms with Gasteiger partial charge < -0.3 is 9.64 Å². The lowest BCUT2D eigenvalue weighted by Crippen LogP contribution is -2.43. The number of hydrogen-bond acceptors (Lipinski definition) is 4. The van der Waals surface area contributed by atoms with Crippen molar-refractivity contribution >= 4 is 11.8 Å². The average Bonchev–Trinajstić information content (AvgIpc) is 3.55. The van der Waals surface area contributed by atoms with Gasteiger partial charge in [0.1, 0.15) is 11.9 Å². The number of piperidine rings is 1. The van der Waals surface area contributed by atoms with Crippen LogP contribution in [0, 0.1) is 17.1 Å². The molecule has 2 heterocycles. The molecular formula is C21H21FN4O2. The number of halogens is 1. The van der Waals surface area contributed by atoms with E-state index < -0.39 is 5.82 Å². The number of carbonyl (C=O) groups excluding carboxylic acids is 1. The van der Waals surface area contributed by atoms with Crippen molar-refractivity contribution in [1.82, 2.24) is 9.88 Å². The smallest absolute Gasteiger partial charge is 0.323 e. The fraction of sp³-hybridized carbons (Fsp3) is 0.381. The molecule has 0 radical (unpaired) electrons. The molecule has 4 rings (SSSR count). The van der Waals surface area contributed by atoms with Crippen LogP contribution in [0.5, 0.6) is 5.75 Å². The summed E-state index contributed by atoms with van der Waals surface area (Å²) in [6.07, 6.45) is 5.19. The number of pyridine rings is 1. The molecule has 2 aliphatic rings. The van der Waals surface area contributed by atoms with Crippen molar-refractivity contribution in [3.63, 3.8) is 0 Å². The van der Waals surface area contributed by atoms with E-state index in [2.05, 4.69) is 10.3 Å². The van der Waals surface area contributed by atoms with Crippen molar-refractivity contribution in [3.8, 4) is 11.8 Å². The Morgan fingerprint density at radius 2 is 2.00 bits per heavy atom. The molecule has 1 aliphatic heterocycles. The second-order valence-corrected chi connectivity index (χ2v) is 7.24. The van der Waals surface area contributed by atoms with Crippen LogP contribution in [-0.2, 0) is 0 Å². The largest absolute Gasteiger partial charge is 0.487 e. The molecule has 1 aliphatic carbocycles. The highest BCUT2D eigenvalue weighted by atomic mass is 19.1. The third kappa shape index (κ3) is 4.22. The fourth-order valence-corrected chi connectivity index (χ4v) is 3.40. The number of anilines is 1. The number of nitriles is 1. The molecule has 1 saturated carbocycles. The van der Waals surface area contributed by atoms with Crippen molar-refractivity contribution in [2.45, 2.75) is 37.7 Å². The molecule has 28 heavy (non-hydrogen) atoms. The number of carbonyl (C=O) groups is 1. The molecule has 0 spiro atoms. The Kier molecular flexibility index (Phi) is 5.11. The maximum atomic E-state index is 14.0. The van der Waals surface area contributed by atoms with E-state index >= 15 is 0 Å². The van der Waals surface area contributed by atoms with Crippen LogP contribution >= 0.6 is 0 Å². The lowest BCUT2D eigenvalue weighted by Gasteiger charge is -2.32. The van der Waals surface area contributed by atoms with Crippen molar-refractivity contribution in [3.05, 3.63) is 53.5 Å². The van der Waals surface area contributed by atoms with Gasteiger partial charge in [0, 0.05) is 32.1 Å². The third-order valence-electron chi connectivity index (χ3n) is 5.15. The van der Waals surface area contributed by atoms with Crippen molar-refractivity contribution < 1.29 is 13.9 Å². The van der Waals surface area contributed by atoms with Gasteiger partial charge in [-0.05, 0) is 54.7 Å². The van der Waals surface area contributed by atoms with E-state index in [1.807, 2.05) is 18.2 Å². The maximum Gasteiger partial charge on any atom is 0.323 e. The number of ether oxygens (including phenoxy) is 1. The number of aromatic nitrogens is 1. The molecule has 2 amide bonds. The summed E-state index contributed by atoms with van der Waals surface area (Å²) in [4.78, 5) is 18.5. The molecule has 7 heteroatoms. The monoisotopic (exact) mass is 380 g/mol. The SMILES string of the molecule is N#Cc1ccc(OC2CCN(C(=O)Nc3cc(C4CC4)ccn3)CC2)c(F)c1. The zero-order chi connectivity index (χ0) is 19.5. The van der Waals surface area contributed by atoms with E-state index in [9.17, 15) is 9.18 Å². The zero-order valence-electron chi connectivity index (χ0n) is 15.4. The summed E-state index contributed by atoms with van der Waals surface area (Å²) in [5, 5.41) is 11.7. The van der Waals surface area contributed by atoms with Crippen molar-refractivity contribution in [1.29, 1.82) is 5.26 Å². The molecule has 1 saturated heterocycles. The van der Waals surface area contributed by atoms with E-state index in [0.717, 1.165) is 0 Å². The van der Waals surface area contributed by atoms with Crippen molar-refractivity contribution in [2.24, 2.45) is 0 Å². The standard InChI is InChI=1S/C21H21FN4O2/c22-18-11-14(13-23)1-4-19(18)28-17-6-9-26(10-7-17)21(27)25-20-12-16(5-8-24-20)15-2-3-15/h1,4-5,8,11-12,15,17H,2-3,6-7,9-10H2,(H,24,25,27). The maximum absolute atomic E-state index is 14.0. The van der Waals surface area contributed by atoms with Crippen LogP contribution in [0.15, 0.2) is 36.5 Å². The summed E-state index contributed by atoms with van der Waals surface area (Å²) in [5.41, 5.74) is 1.48. The first-order valence-electron chi connectivity index (χ1n) is 9.50. The molecule has 0 unspecified atom stereocenters. The molecule has 2 aromatic rings. The molecule has 1 aromatic carbocycles. The molecule has 1 N–H and O–H groups in total. The summed E-state index contributed by atoms with van der Waals surface area (Å²) in [7, 11) is 0. The summed E-state index contributed by atoms with van der Waals surface area (Å²) < 4.78 is 19.7. The molecule has 6 nitrogen and oxygen atoms in total. The number of nitrogens with zero attached hydrogens (tertiary/aromatic N) is 3. The topological polar surface area (TPSA) is 78.2 Å². The lowest BCUT2D eigenvalue weighted by molar-refractivity contribution is 0.112. The van der Waals surface area contributed by atoms with Crippen LogP contribution in [-0.4, -0.2) is 35.1 Å². The second-order valence-electron chi connectivity index (χ2n) is 7.24. The summed E-state index contributed by atoms with van der Waals surface area (Å²) >= 11 is 0. The highest BCUT2D eigenvalue weighted by Crippen LogP contribution is 2.40. The van der Waals surface area contributed by atoms with Crippen LogP contribution in [0.2, 0.25) is 0 Å².